The first-order valence-electron chi connectivity index (χ1n) is 9.08. The number of amides is 1. The number of aromatic nitrogens is 2. The van der Waals surface area contributed by atoms with Crippen LogP contribution in [-0.4, -0.2) is 26.6 Å². The predicted octanol–water partition coefficient (Wildman–Crippen LogP) is 4.66. The third kappa shape index (κ3) is 4.08. The van der Waals surface area contributed by atoms with Crippen LogP contribution in [0.3, 0.4) is 0 Å². The number of nitrogens with one attached hydrogen (secondary N) is 1. The second kappa shape index (κ2) is 8.03. The smallest absolute Gasteiger partial charge is 0.306 e. The van der Waals surface area contributed by atoms with Gasteiger partial charge in [0.2, 0.25) is 11.7 Å². The van der Waals surface area contributed by atoms with Crippen LogP contribution in [0.25, 0.3) is 10.2 Å². The molecule has 0 atom stereocenters. The van der Waals surface area contributed by atoms with Gasteiger partial charge in [-0.05, 0) is 50.3 Å². The number of aryl methyl sites for hydroxylation is 3. The summed E-state index contributed by atoms with van der Waals surface area (Å²) in [6, 6.07) is 3.28. The monoisotopic (exact) mass is 432 g/mol. The number of nitro benzene ring substituents is 1. The number of hydrogen-bond donors (Lipinski definition) is 1. The van der Waals surface area contributed by atoms with Gasteiger partial charge < -0.3 is 5.32 Å². The van der Waals surface area contributed by atoms with E-state index in [1.807, 2.05) is 6.92 Å². The summed E-state index contributed by atoms with van der Waals surface area (Å²) in [5, 5.41) is 15.3. The fourth-order valence-electron chi connectivity index (χ4n) is 3.39. The lowest BCUT2D eigenvalue weighted by Crippen LogP contribution is -2.14. The van der Waals surface area contributed by atoms with Crippen molar-refractivity contribution >= 4 is 50.6 Å². The van der Waals surface area contributed by atoms with Crippen LogP contribution < -0.4 is 5.32 Å². The van der Waals surface area contributed by atoms with Crippen molar-refractivity contribution in [2.45, 2.75) is 37.6 Å². The molecule has 3 aromatic rings. The van der Waals surface area contributed by atoms with Gasteiger partial charge in [0.1, 0.15) is 15.7 Å². The summed E-state index contributed by atoms with van der Waals surface area (Å²) < 4.78 is 13.4. The number of carbonyl (C=O) groups is 1. The Morgan fingerprint density at radius 1 is 1.34 bits per heavy atom. The molecule has 29 heavy (non-hydrogen) atoms. The van der Waals surface area contributed by atoms with Crippen molar-refractivity contribution < 1.29 is 14.1 Å². The molecule has 1 aliphatic carbocycles. The summed E-state index contributed by atoms with van der Waals surface area (Å²) in [4.78, 5) is 33.8. The molecule has 0 bridgehead atoms. The first-order chi connectivity index (χ1) is 13.9. The lowest BCUT2D eigenvalue weighted by atomic mass is 9.97. The zero-order chi connectivity index (χ0) is 20.5. The fourth-order valence-corrected chi connectivity index (χ4v) is 5.66. The Labute approximate surface area is 173 Å². The molecule has 10 heteroatoms. The van der Waals surface area contributed by atoms with E-state index in [2.05, 4.69) is 15.3 Å². The van der Waals surface area contributed by atoms with Crippen LogP contribution in [-0.2, 0) is 17.6 Å². The van der Waals surface area contributed by atoms with E-state index in [0.717, 1.165) is 46.6 Å². The van der Waals surface area contributed by atoms with Gasteiger partial charge in [0.15, 0.2) is 0 Å². The SMILES string of the molecule is Cc1nc(SCC(=O)Nc2ccc(F)c([N+](=O)[O-])c2)c2c3c(sc2n1)CCCC3. The summed E-state index contributed by atoms with van der Waals surface area (Å²) >= 11 is 3.02. The van der Waals surface area contributed by atoms with Crippen LogP contribution in [0.1, 0.15) is 29.1 Å². The third-order valence-corrected chi connectivity index (χ3v) is 6.82. The van der Waals surface area contributed by atoms with Gasteiger partial charge in [0.05, 0.1) is 10.7 Å². The highest BCUT2D eigenvalue weighted by molar-refractivity contribution is 8.00. The molecule has 1 aromatic carbocycles. The molecular weight excluding hydrogens is 415 g/mol. The van der Waals surface area contributed by atoms with Gasteiger partial charge in [-0.2, -0.15) is 4.39 Å². The number of rotatable bonds is 5. The largest absolute Gasteiger partial charge is 0.325 e. The summed E-state index contributed by atoms with van der Waals surface area (Å²) in [6.45, 7) is 1.83. The molecule has 4 rings (SSSR count). The Kier molecular flexibility index (Phi) is 5.46. The van der Waals surface area contributed by atoms with Gasteiger partial charge in [-0.25, -0.2) is 9.97 Å². The highest BCUT2D eigenvalue weighted by atomic mass is 32.2. The van der Waals surface area contributed by atoms with E-state index >= 15 is 0 Å². The zero-order valence-corrected chi connectivity index (χ0v) is 17.2. The molecule has 2 aromatic heterocycles. The van der Waals surface area contributed by atoms with Crippen molar-refractivity contribution in [3.8, 4) is 0 Å². The van der Waals surface area contributed by atoms with E-state index in [1.165, 1.54) is 34.7 Å². The molecule has 0 radical (unpaired) electrons. The maximum Gasteiger partial charge on any atom is 0.306 e. The van der Waals surface area contributed by atoms with Crippen molar-refractivity contribution in [3.05, 3.63) is 50.4 Å². The van der Waals surface area contributed by atoms with Gasteiger partial charge in [-0.15, -0.1) is 11.3 Å². The van der Waals surface area contributed by atoms with Crippen molar-refractivity contribution in [1.29, 1.82) is 0 Å². The molecule has 0 aliphatic heterocycles. The maximum absolute atomic E-state index is 13.4. The molecule has 0 saturated heterocycles. The second-order valence-corrected chi connectivity index (χ2v) is 8.77. The van der Waals surface area contributed by atoms with Crippen molar-refractivity contribution in [1.82, 2.24) is 9.97 Å². The van der Waals surface area contributed by atoms with Crippen LogP contribution in [0.5, 0.6) is 0 Å². The highest BCUT2D eigenvalue weighted by Crippen LogP contribution is 2.39. The fraction of sp³-hybridized carbons (Fsp3) is 0.316. The second-order valence-electron chi connectivity index (χ2n) is 6.73. The number of nitro groups is 1. The number of thioether (sulfide) groups is 1. The summed E-state index contributed by atoms with van der Waals surface area (Å²) in [6.07, 6.45) is 4.38. The normalized spacial score (nSPS) is 13.3. The molecule has 1 N–H and O–H groups in total. The number of halogens is 1. The number of carbonyl (C=O) groups excluding carboxylic acids is 1. The molecule has 0 spiro atoms. The average Bonchev–Trinajstić information content (AvgIpc) is 3.05. The van der Waals surface area contributed by atoms with Gasteiger partial charge in [0.25, 0.3) is 0 Å². The van der Waals surface area contributed by atoms with Crippen molar-refractivity contribution in [2.75, 3.05) is 11.1 Å². The molecule has 0 unspecified atom stereocenters. The number of benzene rings is 1. The van der Waals surface area contributed by atoms with Crippen LogP contribution in [0, 0.1) is 22.9 Å². The van der Waals surface area contributed by atoms with Crippen molar-refractivity contribution in [3.63, 3.8) is 0 Å². The Bertz CT molecular complexity index is 1130. The number of thiophene rings is 1. The molecular formula is C19H17FN4O3S2. The molecule has 0 saturated carbocycles. The van der Waals surface area contributed by atoms with E-state index < -0.39 is 16.4 Å². The molecule has 2 heterocycles. The molecule has 1 amide bonds. The lowest BCUT2D eigenvalue weighted by molar-refractivity contribution is -0.387. The number of hydrogen-bond acceptors (Lipinski definition) is 7. The Morgan fingerprint density at radius 3 is 2.93 bits per heavy atom. The number of fused-ring (bicyclic) bond motifs is 3. The lowest BCUT2D eigenvalue weighted by Gasteiger charge is -2.12. The van der Waals surface area contributed by atoms with E-state index in [9.17, 15) is 19.3 Å². The minimum Gasteiger partial charge on any atom is -0.325 e. The Morgan fingerprint density at radius 2 is 2.14 bits per heavy atom. The van der Waals surface area contributed by atoms with Crippen LogP contribution in [0.2, 0.25) is 0 Å². The molecule has 7 nitrogen and oxygen atoms in total. The Hall–Kier alpha value is -2.59. The van der Waals surface area contributed by atoms with Gasteiger partial charge in [0, 0.05) is 22.0 Å². The van der Waals surface area contributed by atoms with Gasteiger partial charge in [-0.1, -0.05) is 11.8 Å². The Balaban J connectivity index is 1.52. The topological polar surface area (TPSA) is 98.0 Å². The minimum absolute atomic E-state index is 0.0847. The van der Waals surface area contributed by atoms with Crippen LogP contribution >= 0.6 is 23.1 Å². The van der Waals surface area contributed by atoms with Crippen LogP contribution in [0.4, 0.5) is 15.8 Å². The van der Waals surface area contributed by atoms with E-state index in [-0.39, 0.29) is 17.3 Å². The quantitative estimate of drug-likeness (QED) is 0.273. The first-order valence-corrected chi connectivity index (χ1v) is 10.9. The zero-order valence-electron chi connectivity index (χ0n) is 15.5. The summed E-state index contributed by atoms with van der Waals surface area (Å²) in [7, 11) is 0. The van der Waals surface area contributed by atoms with E-state index in [0.29, 0.717) is 5.82 Å². The van der Waals surface area contributed by atoms with Crippen molar-refractivity contribution in [2.24, 2.45) is 0 Å². The van der Waals surface area contributed by atoms with Gasteiger partial charge in [-0.3, -0.25) is 14.9 Å². The number of nitrogens with zero attached hydrogens (tertiary/aromatic N) is 3. The predicted molar refractivity (Wildman–Crippen MR) is 111 cm³/mol. The summed E-state index contributed by atoms with van der Waals surface area (Å²) in [5.41, 5.74) is 0.808. The average molecular weight is 433 g/mol. The number of anilines is 1. The van der Waals surface area contributed by atoms with Gasteiger partial charge >= 0.3 is 5.69 Å². The minimum atomic E-state index is -0.941. The first kappa shape index (κ1) is 19.7. The third-order valence-electron chi connectivity index (χ3n) is 4.66. The maximum atomic E-state index is 13.4. The van der Waals surface area contributed by atoms with E-state index in [4.69, 9.17) is 0 Å². The highest BCUT2D eigenvalue weighted by Gasteiger charge is 2.21. The standard InChI is InChI=1S/C19H17FN4O3S2/c1-10-21-18(17-12-4-2-3-5-15(12)29-19(17)22-10)28-9-16(25)23-11-6-7-13(20)14(8-11)24(26)27/h6-8H,2-5,9H2,1H3,(H,23,25). The van der Waals surface area contributed by atoms with Crippen LogP contribution in [0.15, 0.2) is 23.2 Å². The van der Waals surface area contributed by atoms with E-state index in [1.54, 1.807) is 11.3 Å². The summed E-state index contributed by atoms with van der Waals surface area (Å²) in [5.74, 6) is -0.539. The molecule has 150 valence electrons. The molecule has 0 fully saturated rings. The molecule has 1 aliphatic rings.